The van der Waals surface area contributed by atoms with Crippen molar-refractivity contribution >= 4 is 0 Å². The summed E-state index contributed by atoms with van der Waals surface area (Å²) in [5.41, 5.74) is 1.28. The van der Waals surface area contributed by atoms with Crippen molar-refractivity contribution < 1.29 is 28.9 Å². The minimum atomic E-state index is -3.02. The smallest absolute Gasteiger partial charge is 0.309 e. The quantitative estimate of drug-likeness (QED) is 0.412. The number of benzene rings is 2. The van der Waals surface area contributed by atoms with Gasteiger partial charge in [-0.05, 0) is 25.0 Å². The van der Waals surface area contributed by atoms with E-state index in [4.69, 9.17) is 0 Å². The summed E-state index contributed by atoms with van der Waals surface area (Å²) in [5, 5.41) is 8.08. The number of hydrogen-bond acceptors (Lipinski definition) is 2. The van der Waals surface area contributed by atoms with Crippen molar-refractivity contribution in [3.8, 4) is 17.1 Å². The number of alkyl halides is 2. The van der Waals surface area contributed by atoms with Gasteiger partial charge in [0.25, 0.3) is 0 Å². The predicted molar refractivity (Wildman–Crippen MR) is 96.1 cm³/mol. The van der Waals surface area contributed by atoms with Crippen molar-refractivity contribution in [2.45, 2.75) is 38.0 Å². The molecule has 0 N–H and O–H groups in total. The van der Waals surface area contributed by atoms with Gasteiger partial charge in [0, 0.05) is 31.7 Å². The number of halogens is 2. The van der Waals surface area contributed by atoms with Gasteiger partial charge in [-0.25, -0.2) is 0 Å². The molecule has 0 bridgehead atoms. The Labute approximate surface area is 171 Å². The SMILES string of the molecule is FC(F)(c1nnc(-c2[c-]cccc2)n1-c1ccccc1)C1CCCCC1.[Ir]. The summed E-state index contributed by atoms with van der Waals surface area (Å²) < 4.78 is 32.3. The van der Waals surface area contributed by atoms with Gasteiger partial charge in [0.2, 0.25) is 0 Å². The van der Waals surface area contributed by atoms with E-state index in [2.05, 4.69) is 16.3 Å². The van der Waals surface area contributed by atoms with Gasteiger partial charge in [-0.3, -0.25) is 0 Å². The minimum Gasteiger partial charge on any atom is -0.315 e. The molecule has 0 amide bonds. The van der Waals surface area contributed by atoms with Crippen LogP contribution in [0.1, 0.15) is 37.9 Å². The van der Waals surface area contributed by atoms with Gasteiger partial charge in [0.05, 0.1) is 5.82 Å². The third kappa shape index (κ3) is 3.87. The fraction of sp³-hybridized carbons (Fsp3) is 0.333. The fourth-order valence-electron chi connectivity index (χ4n) is 3.68. The summed E-state index contributed by atoms with van der Waals surface area (Å²) in [5.74, 6) is -3.59. The Morgan fingerprint density at radius 1 is 0.926 bits per heavy atom. The minimum absolute atomic E-state index is 0. The topological polar surface area (TPSA) is 30.7 Å². The second-order valence-corrected chi connectivity index (χ2v) is 6.75. The van der Waals surface area contributed by atoms with Crippen LogP contribution in [-0.4, -0.2) is 14.8 Å². The van der Waals surface area contributed by atoms with Crippen LogP contribution in [-0.2, 0) is 26.0 Å². The second-order valence-electron chi connectivity index (χ2n) is 6.75. The normalized spacial score (nSPS) is 15.3. The molecule has 0 spiro atoms. The van der Waals surface area contributed by atoms with E-state index in [1.54, 1.807) is 18.2 Å². The molecule has 143 valence electrons. The van der Waals surface area contributed by atoms with Crippen molar-refractivity contribution in [2.75, 3.05) is 0 Å². The van der Waals surface area contributed by atoms with Crippen LogP contribution in [0, 0.1) is 12.0 Å². The Balaban J connectivity index is 0.00000210. The van der Waals surface area contributed by atoms with Crippen molar-refractivity contribution in [3.63, 3.8) is 0 Å². The summed E-state index contributed by atoms with van der Waals surface area (Å²) in [6, 6.07) is 19.4. The Morgan fingerprint density at radius 2 is 1.63 bits per heavy atom. The van der Waals surface area contributed by atoms with Crippen LogP contribution in [0.2, 0.25) is 0 Å². The zero-order valence-electron chi connectivity index (χ0n) is 14.7. The van der Waals surface area contributed by atoms with Crippen molar-refractivity contribution in [2.24, 2.45) is 5.92 Å². The summed E-state index contributed by atoms with van der Waals surface area (Å²) >= 11 is 0. The van der Waals surface area contributed by atoms with Crippen LogP contribution in [0.3, 0.4) is 0 Å². The maximum absolute atomic E-state index is 15.4. The third-order valence-electron chi connectivity index (χ3n) is 5.04. The molecule has 0 aliphatic heterocycles. The predicted octanol–water partition coefficient (Wildman–Crippen LogP) is 5.40. The van der Waals surface area contributed by atoms with E-state index in [0.717, 1.165) is 19.3 Å². The first-order chi connectivity index (χ1) is 12.7. The number of para-hydroxylation sites is 1. The number of aromatic nitrogens is 3. The summed E-state index contributed by atoms with van der Waals surface area (Å²) in [6.07, 6.45) is 3.78. The molecule has 4 rings (SSSR count). The van der Waals surface area contributed by atoms with Crippen molar-refractivity contribution in [3.05, 3.63) is 66.5 Å². The zero-order chi connectivity index (χ0) is 18.0. The first-order valence-electron chi connectivity index (χ1n) is 9.04. The van der Waals surface area contributed by atoms with Crippen LogP contribution in [0.5, 0.6) is 0 Å². The maximum atomic E-state index is 15.4. The monoisotopic (exact) mass is 545 g/mol. The Kier molecular flexibility index (Phi) is 6.18. The molecule has 0 unspecified atom stereocenters. The van der Waals surface area contributed by atoms with E-state index >= 15 is 8.78 Å². The van der Waals surface area contributed by atoms with Crippen molar-refractivity contribution in [1.29, 1.82) is 0 Å². The molecule has 0 atom stereocenters. The second kappa shape index (κ2) is 8.40. The molecule has 1 aliphatic rings. The standard InChI is InChI=1S/C21H20F2N3.Ir/c22-21(23,17-12-6-2-7-13-17)20-25-24-19(16-10-4-1-5-11-16)26(20)18-14-8-3-9-15-18;/h1,3-5,8-10,14-15,17H,2,6-7,12-13H2;/q-1;. The van der Waals surface area contributed by atoms with E-state index < -0.39 is 11.8 Å². The zero-order valence-corrected chi connectivity index (χ0v) is 17.1. The molecule has 1 radical (unpaired) electrons. The fourth-order valence-corrected chi connectivity index (χ4v) is 3.68. The molecule has 0 saturated heterocycles. The molecule has 1 fully saturated rings. The Bertz CT molecular complexity index is 860. The largest absolute Gasteiger partial charge is 0.315 e. The van der Waals surface area contributed by atoms with Crippen LogP contribution in [0.4, 0.5) is 8.78 Å². The molecule has 1 saturated carbocycles. The molecule has 1 heterocycles. The van der Waals surface area contributed by atoms with E-state index in [9.17, 15) is 0 Å². The van der Waals surface area contributed by atoms with Gasteiger partial charge in [-0.2, -0.15) is 13.9 Å². The van der Waals surface area contributed by atoms with Gasteiger partial charge in [-0.15, -0.1) is 41.0 Å². The van der Waals surface area contributed by atoms with Crippen LogP contribution in [0.15, 0.2) is 54.6 Å². The van der Waals surface area contributed by atoms with E-state index in [-0.39, 0.29) is 25.9 Å². The molecular weight excluding hydrogens is 524 g/mol. The van der Waals surface area contributed by atoms with E-state index in [1.807, 2.05) is 36.4 Å². The van der Waals surface area contributed by atoms with Gasteiger partial charge < -0.3 is 4.57 Å². The third-order valence-corrected chi connectivity index (χ3v) is 5.04. The number of nitrogens with zero attached hydrogens (tertiary/aromatic N) is 3. The average molecular weight is 545 g/mol. The molecule has 6 heteroatoms. The molecular formula is C21H20F2IrN3-. The molecule has 27 heavy (non-hydrogen) atoms. The molecule has 3 aromatic rings. The van der Waals surface area contributed by atoms with Gasteiger partial charge >= 0.3 is 5.92 Å². The molecule has 1 aliphatic carbocycles. The van der Waals surface area contributed by atoms with E-state index in [1.165, 1.54) is 4.57 Å². The van der Waals surface area contributed by atoms with E-state index in [0.29, 0.717) is 29.9 Å². The van der Waals surface area contributed by atoms with Crippen LogP contribution < -0.4 is 0 Å². The molecule has 2 aromatic carbocycles. The number of hydrogen-bond donors (Lipinski definition) is 0. The average Bonchev–Trinajstić information content (AvgIpc) is 3.16. The van der Waals surface area contributed by atoms with Crippen LogP contribution in [0.25, 0.3) is 17.1 Å². The first-order valence-corrected chi connectivity index (χ1v) is 9.04. The number of rotatable bonds is 4. The van der Waals surface area contributed by atoms with Crippen LogP contribution >= 0.6 is 0 Å². The Hall–Kier alpha value is -1.91. The summed E-state index contributed by atoms with van der Waals surface area (Å²) in [4.78, 5) is 0. The van der Waals surface area contributed by atoms with Gasteiger partial charge in [0.15, 0.2) is 5.82 Å². The van der Waals surface area contributed by atoms with Gasteiger partial charge in [0.1, 0.15) is 0 Å². The first kappa shape index (κ1) is 19.8. The summed E-state index contributed by atoms with van der Waals surface area (Å²) in [6.45, 7) is 0. The van der Waals surface area contributed by atoms with Crippen molar-refractivity contribution in [1.82, 2.24) is 14.8 Å². The Morgan fingerprint density at radius 3 is 2.30 bits per heavy atom. The molecule has 3 nitrogen and oxygen atoms in total. The summed E-state index contributed by atoms with van der Waals surface area (Å²) in [7, 11) is 0. The maximum Gasteiger partial charge on any atom is 0.309 e. The van der Waals surface area contributed by atoms with Gasteiger partial charge in [-0.1, -0.05) is 37.5 Å². The molecule has 1 aromatic heterocycles.